The van der Waals surface area contributed by atoms with Crippen LogP contribution in [0.2, 0.25) is 0 Å². The van der Waals surface area contributed by atoms with Crippen LogP contribution in [0.15, 0.2) is 24.3 Å². The van der Waals surface area contributed by atoms with Gasteiger partial charge < -0.3 is 10.6 Å². The lowest BCUT2D eigenvalue weighted by atomic mass is 10.1. The topological polar surface area (TPSA) is 102 Å². The van der Waals surface area contributed by atoms with Crippen LogP contribution in [-0.4, -0.2) is 20.6 Å². The fourth-order valence-electron chi connectivity index (χ4n) is 2.59. The zero-order chi connectivity index (χ0) is 18.6. The van der Waals surface area contributed by atoms with E-state index in [2.05, 4.69) is 15.7 Å². The van der Waals surface area contributed by atoms with Gasteiger partial charge in [0.15, 0.2) is 0 Å². The smallest absolute Gasteiger partial charge is 0.333 e. The van der Waals surface area contributed by atoms with Crippen LogP contribution < -0.4 is 10.6 Å². The molecule has 0 saturated heterocycles. The first kappa shape index (κ1) is 18.4. The van der Waals surface area contributed by atoms with Crippen LogP contribution in [0.25, 0.3) is 0 Å². The summed E-state index contributed by atoms with van der Waals surface area (Å²) in [6, 6.07) is 7.39. The summed E-state index contributed by atoms with van der Waals surface area (Å²) in [5.41, 5.74) is 1.95. The van der Waals surface area contributed by atoms with Gasteiger partial charge in [-0.1, -0.05) is 26.0 Å². The number of hydrogen-bond donors (Lipinski definition) is 2. The van der Waals surface area contributed by atoms with E-state index in [0.29, 0.717) is 36.1 Å². The first-order chi connectivity index (χ1) is 11.8. The van der Waals surface area contributed by atoms with Crippen LogP contribution in [0.3, 0.4) is 0 Å². The van der Waals surface area contributed by atoms with E-state index >= 15 is 0 Å². The summed E-state index contributed by atoms with van der Waals surface area (Å²) in [7, 11) is 1.66. The van der Waals surface area contributed by atoms with Gasteiger partial charge in [0.2, 0.25) is 11.7 Å². The molecule has 8 nitrogen and oxygen atoms in total. The van der Waals surface area contributed by atoms with E-state index in [9.17, 15) is 14.9 Å². The Labute approximate surface area is 146 Å². The summed E-state index contributed by atoms with van der Waals surface area (Å²) in [6.45, 7) is 5.97. The van der Waals surface area contributed by atoms with Gasteiger partial charge in [0.1, 0.15) is 5.69 Å². The predicted octanol–water partition coefficient (Wildman–Crippen LogP) is 3.23. The van der Waals surface area contributed by atoms with Crippen molar-refractivity contribution in [1.82, 2.24) is 9.78 Å². The molecular formula is C17H23N5O3. The molecule has 1 aromatic heterocycles. The molecule has 1 amide bonds. The monoisotopic (exact) mass is 345 g/mol. The molecule has 0 radical (unpaired) electrons. The molecule has 0 unspecified atom stereocenters. The Morgan fingerprint density at radius 2 is 2.12 bits per heavy atom. The molecule has 0 atom stereocenters. The minimum atomic E-state index is -0.437. The van der Waals surface area contributed by atoms with Crippen molar-refractivity contribution in [2.75, 3.05) is 10.6 Å². The Kier molecular flexibility index (Phi) is 5.74. The van der Waals surface area contributed by atoms with Gasteiger partial charge in [-0.25, -0.2) is 4.68 Å². The molecule has 1 heterocycles. The van der Waals surface area contributed by atoms with E-state index in [1.807, 2.05) is 38.1 Å². The fourth-order valence-corrected chi connectivity index (χ4v) is 2.59. The van der Waals surface area contributed by atoms with Crippen molar-refractivity contribution >= 4 is 23.1 Å². The lowest BCUT2D eigenvalue weighted by Crippen LogP contribution is -2.14. The SMILES string of the molecule is Cc1nn(C)c(NCc2cccc(NC(=O)CC(C)C)c2)c1[N+](=O)[O-]. The second-order valence-electron chi connectivity index (χ2n) is 6.36. The highest BCUT2D eigenvalue weighted by Gasteiger charge is 2.23. The Morgan fingerprint density at radius 3 is 2.76 bits per heavy atom. The summed E-state index contributed by atoms with van der Waals surface area (Å²) in [4.78, 5) is 22.6. The maximum absolute atomic E-state index is 11.9. The average molecular weight is 345 g/mol. The van der Waals surface area contributed by atoms with E-state index in [4.69, 9.17) is 0 Å². The highest BCUT2D eigenvalue weighted by atomic mass is 16.6. The number of carbonyl (C=O) groups excluding carboxylic acids is 1. The number of amides is 1. The van der Waals surface area contributed by atoms with Crippen molar-refractivity contribution < 1.29 is 9.72 Å². The molecule has 8 heteroatoms. The van der Waals surface area contributed by atoms with Gasteiger partial charge in [0.05, 0.1) is 4.92 Å². The molecule has 0 aliphatic heterocycles. The van der Waals surface area contributed by atoms with Crippen LogP contribution in [-0.2, 0) is 18.4 Å². The number of nitrogens with zero attached hydrogens (tertiary/aromatic N) is 3. The maximum Gasteiger partial charge on any atom is 0.333 e. The molecule has 0 spiro atoms. The molecule has 2 rings (SSSR count). The van der Waals surface area contributed by atoms with Crippen molar-refractivity contribution in [1.29, 1.82) is 0 Å². The van der Waals surface area contributed by atoms with Gasteiger partial charge in [-0.05, 0) is 30.5 Å². The zero-order valence-corrected chi connectivity index (χ0v) is 14.9. The van der Waals surface area contributed by atoms with E-state index in [1.165, 1.54) is 4.68 Å². The highest BCUT2D eigenvalue weighted by molar-refractivity contribution is 5.90. The second kappa shape index (κ2) is 7.78. The van der Waals surface area contributed by atoms with E-state index in [-0.39, 0.29) is 11.6 Å². The van der Waals surface area contributed by atoms with Crippen molar-refractivity contribution in [3.05, 3.63) is 45.6 Å². The third kappa shape index (κ3) is 4.79. The largest absolute Gasteiger partial charge is 0.360 e. The van der Waals surface area contributed by atoms with Gasteiger partial charge in [0, 0.05) is 25.7 Å². The number of aromatic nitrogens is 2. The number of nitrogens with one attached hydrogen (secondary N) is 2. The lowest BCUT2D eigenvalue weighted by molar-refractivity contribution is -0.384. The van der Waals surface area contributed by atoms with E-state index in [0.717, 1.165) is 5.56 Å². The normalized spacial score (nSPS) is 10.8. The maximum atomic E-state index is 11.9. The number of anilines is 2. The quantitative estimate of drug-likeness (QED) is 0.592. The predicted molar refractivity (Wildman–Crippen MR) is 96.5 cm³/mol. The van der Waals surface area contributed by atoms with E-state index in [1.54, 1.807) is 14.0 Å². The van der Waals surface area contributed by atoms with Crippen LogP contribution >= 0.6 is 0 Å². The third-order valence-electron chi connectivity index (χ3n) is 3.64. The molecule has 25 heavy (non-hydrogen) atoms. The number of nitro groups is 1. The Bertz CT molecular complexity index is 783. The van der Waals surface area contributed by atoms with Crippen molar-refractivity contribution in [3.8, 4) is 0 Å². The summed E-state index contributed by atoms with van der Waals surface area (Å²) >= 11 is 0. The molecule has 1 aromatic carbocycles. The first-order valence-electron chi connectivity index (χ1n) is 8.08. The molecular weight excluding hydrogens is 322 g/mol. The van der Waals surface area contributed by atoms with Gasteiger partial charge >= 0.3 is 5.69 Å². The summed E-state index contributed by atoms with van der Waals surface area (Å²) in [5.74, 6) is 0.619. The Balaban J connectivity index is 2.09. The van der Waals surface area contributed by atoms with Crippen molar-refractivity contribution in [2.24, 2.45) is 13.0 Å². The second-order valence-corrected chi connectivity index (χ2v) is 6.36. The third-order valence-corrected chi connectivity index (χ3v) is 3.64. The molecule has 0 bridgehead atoms. The number of benzene rings is 1. The van der Waals surface area contributed by atoms with Crippen LogP contribution in [0.4, 0.5) is 17.2 Å². The minimum Gasteiger partial charge on any atom is -0.360 e. The molecule has 0 fully saturated rings. The number of carbonyl (C=O) groups is 1. The van der Waals surface area contributed by atoms with Crippen LogP contribution in [0.1, 0.15) is 31.5 Å². The van der Waals surface area contributed by atoms with Gasteiger partial charge in [-0.15, -0.1) is 0 Å². The van der Waals surface area contributed by atoms with Crippen molar-refractivity contribution in [3.63, 3.8) is 0 Å². The Morgan fingerprint density at radius 1 is 1.40 bits per heavy atom. The van der Waals surface area contributed by atoms with Crippen molar-refractivity contribution in [2.45, 2.75) is 33.7 Å². The Hall–Kier alpha value is -2.90. The summed E-state index contributed by atoms with van der Waals surface area (Å²) in [5, 5.41) is 21.2. The first-order valence-corrected chi connectivity index (χ1v) is 8.08. The summed E-state index contributed by atoms with van der Waals surface area (Å²) < 4.78 is 1.46. The summed E-state index contributed by atoms with van der Waals surface area (Å²) in [6.07, 6.45) is 0.461. The van der Waals surface area contributed by atoms with Gasteiger partial charge in [-0.2, -0.15) is 5.10 Å². The van der Waals surface area contributed by atoms with Crippen LogP contribution in [0.5, 0.6) is 0 Å². The van der Waals surface area contributed by atoms with Crippen LogP contribution in [0, 0.1) is 23.0 Å². The average Bonchev–Trinajstić information content (AvgIpc) is 2.78. The molecule has 2 N–H and O–H groups in total. The van der Waals surface area contributed by atoms with E-state index < -0.39 is 4.92 Å². The molecule has 2 aromatic rings. The molecule has 0 saturated carbocycles. The molecule has 0 aliphatic rings. The molecule has 0 aliphatic carbocycles. The number of rotatable bonds is 7. The number of aryl methyl sites for hydroxylation is 2. The fraction of sp³-hybridized carbons (Fsp3) is 0.412. The standard InChI is InChI=1S/C17H23N5O3/c1-11(2)8-15(23)19-14-7-5-6-13(9-14)10-18-17-16(22(24)25)12(3)20-21(17)4/h5-7,9,11,18H,8,10H2,1-4H3,(H,19,23). The lowest BCUT2D eigenvalue weighted by Gasteiger charge is -2.10. The highest BCUT2D eigenvalue weighted by Crippen LogP contribution is 2.27. The minimum absolute atomic E-state index is 0.0242. The molecule has 134 valence electrons. The zero-order valence-electron chi connectivity index (χ0n) is 14.9. The van der Waals surface area contributed by atoms with Gasteiger partial charge in [-0.3, -0.25) is 14.9 Å². The number of hydrogen-bond acceptors (Lipinski definition) is 5. The van der Waals surface area contributed by atoms with Gasteiger partial charge in [0.25, 0.3) is 0 Å².